The highest BCUT2D eigenvalue weighted by Gasteiger charge is 2.67. The van der Waals surface area contributed by atoms with Crippen LogP contribution in [0.15, 0.2) is 30.3 Å². The number of hydrogen-bond acceptors (Lipinski definition) is 4. The van der Waals surface area contributed by atoms with E-state index in [4.69, 9.17) is 17.4 Å². The van der Waals surface area contributed by atoms with E-state index in [1.807, 2.05) is 0 Å². The Morgan fingerprint density at radius 3 is 1.27 bits per heavy atom. The summed E-state index contributed by atoms with van der Waals surface area (Å²) in [6.45, 7) is 45.2. The molecule has 0 amide bonds. The first-order valence-electron chi connectivity index (χ1n) is 18.2. The van der Waals surface area contributed by atoms with Crippen molar-refractivity contribution in [1.82, 2.24) is 0 Å². The van der Waals surface area contributed by atoms with Gasteiger partial charge in [0.25, 0.3) is 0 Å². The van der Waals surface area contributed by atoms with Crippen molar-refractivity contribution in [3.8, 4) is 0 Å². The summed E-state index contributed by atoms with van der Waals surface area (Å²) >= 11 is 0. The highest BCUT2D eigenvalue weighted by atomic mass is 28.4. The topological polar surface area (TPSA) is 36.9 Å². The molecular formula is C36H76O4Si5. The summed E-state index contributed by atoms with van der Waals surface area (Å²) < 4.78 is 30.9. The molecule has 3 unspecified atom stereocenters. The molecule has 1 aromatic rings. The Bertz CT molecular complexity index is 1040. The second-order valence-corrected chi connectivity index (χ2v) is 38.7. The van der Waals surface area contributed by atoms with Gasteiger partial charge in [-0.3, -0.25) is 0 Å². The summed E-state index contributed by atoms with van der Waals surface area (Å²) in [7, 11) is -11.5. The molecule has 0 bridgehead atoms. The van der Waals surface area contributed by atoms with Gasteiger partial charge in [-0.15, -0.1) is 0 Å². The van der Waals surface area contributed by atoms with Crippen LogP contribution in [0.4, 0.5) is 0 Å². The maximum Gasteiger partial charge on any atom is 0.356 e. The van der Waals surface area contributed by atoms with Gasteiger partial charge in [0.15, 0.2) is 16.6 Å². The summed E-state index contributed by atoms with van der Waals surface area (Å²) in [6, 6.07) is 11.3. The summed E-state index contributed by atoms with van der Waals surface area (Å²) in [5, 5.41) is 0.615. The van der Waals surface area contributed by atoms with Gasteiger partial charge in [0.1, 0.15) is 0 Å². The van der Waals surface area contributed by atoms with E-state index in [1.165, 1.54) is 5.19 Å². The second kappa shape index (κ2) is 15.4. The molecular weight excluding hydrogens is 637 g/mol. The molecule has 0 spiro atoms. The SMILES string of the molecule is CCC(C)(O[Si](C)(O[Si](C)(C)C)C(CC)(CC)O[Si](C)(C)C)C(CC)(CC)[Si](C)(OC(CC)(CC)[Si](C)(C)C)c1ccccc1. The van der Waals surface area contributed by atoms with Crippen molar-refractivity contribution in [2.75, 3.05) is 0 Å². The Labute approximate surface area is 286 Å². The van der Waals surface area contributed by atoms with E-state index in [-0.39, 0.29) is 10.3 Å². The number of benzene rings is 1. The Hall–Kier alpha value is 0.144. The van der Waals surface area contributed by atoms with Crippen LogP contribution in [0.2, 0.25) is 77.1 Å². The van der Waals surface area contributed by atoms with Crippen molar-refractivity contribution in [2.45, 2.75) is 193 Å². The molecule has 45 heavy (non-hydrogen) atoms. The van der Waals surface area contributed by atoms with E-state index < -0.39 is 52.4 Å². The first-order valence-corrected chi connectivity index (χ1v) is 33.3. The Kier molecular flexibility index (Phi) is 14.7. The largest absolute Gasteiger partial charge is 0.435 e. The molecule has 0 aliphatic carbocycles. The average Bonchev–Trinajstić information content (AvgIpc) is 2.93. The van der Waals surface area contributed by atoms with E-state index in [9.17, 15) is 0 Å². The fourth-order valence-corrected chi connectivity index (χ4v) is 29.6. The van der Waals surface area contributed by atoms with Gasteiger partial charge in [0.2, 0.25) is 8.32 Å². The van der Waals surface area contributed by atoms with Gasteiger partial charge in [-0.05, 0) is 109 Å². The minimum Gasteiger partial charge on any atom is -0.435 e. The van der Waals surface area contributed by atoms with E-state index in [1.54, 1.807) is 0 Å². The van der Waals surface area contributed by atoms with Crippen LogP contribution in [-0.4, -0.2) is 57.6 Å². The van der Waals surface area contributed by atoms with Crippen molar-refractivity contribution >= 4 is 46.8 Å². The van der Waals surface area contributed by atoms with Crippen LogP contribution in [0.5, 0.6) is 0 Å². The quantitative estimate of drug-likeness (QED) is 0.126. The van der Waals surface area contributed by atoms with E-state index in [2.05, 4.69) is 158 Å². The first kappa shape index (κ1) is 43.2. The predicted octanol–water partition coefficient (Wildman–Crippen LogP) is 11.5. The average molecular weight is 713 g/mol. The Balaban J connectivity index is 4.31. The molecule has 0 heterocycles. The smallest absolute Gasteiger partial charge is 0.356 e. The van der Waals surface area contributed by atoms with Crippen molar-refractivity contribution in [3.63, 3.8) is 0 Å². The highest BCUT2D eigenvalue weighted by Crippen LogP contribution is 2.60. The van der Waals surface area contributed by atoms with Crippen molar-refractivity contribution in [1.29, 1.82) is 0 Å². The molecule has 3 atom stereocenters. The van der Waals surface area contributed by atoms with Crippen LogP contribution in [0.1, 0.15) is 100 Å². The fraction of sp³-hybridized carbons (Fsp3) is 0.833. The molecule has 0 fully saturated rings. The molecule has 264 valence electrons. The lowest BCUT2D eigenvalue weighted by Gasteiger charge is -2.62. The maximum absolute atomic E-state index is 8.08. The second-order valence-electron chi connectivity index (χ2n) is 17.0. The van der Waals surface area contributed by atoms with E-state index in [0.29, 0.717) is 0 Å². The van der Waals surface area contributed by atoms with Crippen LogP contribution in [0.3, 0.4) is 0 Å². The predicted molar refractivity (Wildman–Crippen MR) is 212 cm³/mol. The van der Waals surface area contributed by atoms with Gasteiger partial charge in [0.05, 0.1) is 18.9 Å². The van der Waals surface area contributed by atoms with Gasteiger partial charge in [0, 0.05) is 10.3 Å². The van der Waals surface area contributed by atoms with E-state index >= 15 is 0 Å². The lowest BCUT2D eigenvalue weighted by atomic mass is 9.81. The number of rotatable bonds is 20. The minimum absolute atomic E-state index is 0.124. The van der Waals surface area contributed by atoms with Crippen molar-refractivity contribution in [3.05, 3.63) is 30.3 Å². The molecule has 1 rings (SSSR count). The molecule has 9 heteroatoms. The van der Waals surface area contributed by atoms with E-state index in [0.717, 1.165) is 44.9 Å². The summed E-state index contributed by atoms with van der Waals surface area (Å²) in [6.07, 6.45) is 6.70. The molecule has 0 aromatic heterocycles. The van der Waals surface area contributed by atoms with Crippen LogP contribution in [0.25, 0.3) is 0 Å². The monoisotopic (exact) mass is 712 g/mol. The zero-order valence-electron chi connectivity index (χ0n) is 33.5. The first-order chi connectivity index (χ1) is 20.4. The van der Waals surface area contributed by atoms with Gasteiger partial charge in [-0.2, -0.15) is 0 Å². The molecule has 0 aliphatic rings. The third kappa shape index (κ3) is 8.66. The third-order valence-corrected chi connectivity index (χ3v) is 29.0. The molecule has 0 saturated carbocycles. The van der Waals surface area contributed by atoms with Gasteiger partial charge >= 0.3 is 8.56 Å². The van der Waals surface area contributed by atoms with Crippen LogP contribution in [0, 0.1) is 0 Å². The minimum atomic E-state index is -3.02. The highest BCUT2D eigenvalue weighted by molar-refractivity contribution is 6.90. The summed E-state index contributed by atoms with van der Waals surface area (Å²) in [5.41, 5.74) is -0.487. The molecule has 0 N–H and O–H groups in total. The summed E-state index contributed by atoms with van der Waals surface area (Å²) in [5.74, 6) is 0. The van der Waals surface area contributed by atoms with Crippen LogP contribution in [-0.2, 0) is 17.4 Å². The molecule has 0 radical (unpaired) electrons. The Morgan fingerprint density at radius 2 is 0.956 bits per heavy atom. The van der Waals surface area contributed by atoms with Crippen LogP contribution < -0.4 is 5.19 Å². The van der Waals surface area contributed by atoms with Gasteiger partial charge in [-0.1, -0.05) is 98.4 Å². The number of hydrogen-bond donors (Lipinski definition) is 0. The molecule has 1 aromatic carbocycles. The third-order valence-electron chi connectivity index (χ3n) is 11.4. The lowest BCUT2D eigenvalue weighted by Crippen LogP contribution is -2.74. The normalized spacial score (nSPS) is 18.3. The lowest BCUT2D eigenvalue weighted by molar-refractivity contribution is -0.0431. The molecule has 0 saturated heterocycles. The zero-order chi connectivity index (χ0) is 35.4. The zero-order valence-corrected chi connectivity index (χ0v) is 38.5. The summed E-state index contributed by atoms with van der Waals surface area (Å²) in [4.78, 5) is 0. The Morgan fingerprint density at radius 1 is 0.511 bits per heavy atom. The van der Waals surface area contributed by atoms with Crippen molar-refractivity contribution in [2.24, 2.45) is 0 Å². The fourth-order valence-electron chi connectivity index (χ4n) is 8.81. The standard InChI is InChI=1S/C36H76O4Si5/c1-20-33(8,37-45(19,40-43(15,16)17)36(25-6,26-7)38-42(12,13)14)34(21-2,22-3)44(18,32-30-28-27-29-31-32)39-35(23-4,24-5)41(9,10)11/h27-31H,20-26H2,1-19H3. The van der Waals surface area contributed by atoms with Crippen LogP contribution >= 0.6 is 0 Å². The molecule has 0 aliphatic heterocycles. The molecule has 4 nitrogen and oxygen atoms in total. The van der Waals surface area contributed by atoms with Gasteiger partial charge in [-0.25, -0.2) is 0 Å². The maximum atomic E-state index is 8.08. The van der Waals surface area contributed by atoms with Gasteiger partial charge < -0.3 is 17.4 Å². The van der Waals surface area contributed by atoms with Crippen molar-refractivity contribution < 1.29 is 17.4 Å².